The van der Waals surface area contributed by atoms with Crippen molar-refractivity contribution in [2.24, 2.45) is 5.92 Å². The molecule has 1 aromatic rings. The van der Waals surface area contributed by atoms with Crippen LogP contribution in [0.4, 0.5) is 0 Å². The molecule has 138 valence electrons. The zero-order valence-corrected chi connectivity index (χ0v) is 16.1. The van der Waals surface area contributed by atoms with Crippen LogP contribution in [0.25, 0.3) is 0 Å². The van der Waals surface area contributed by atoms with E-state index in [1.807, 2.05) is 0 Å². The highest BCUT2D eigenvalue weighted by Crippen LogP contribution is 2.26. The molecule has 1 unspecified atom stereocenters. The van der Waals surface area contributed by atoms with Gasteiger partial charge in [0.05, 0.1) is 16.6 Å². The van der Waals surface area contributed by atoms with Gasteiger partial charge in [0.1, 0.15) is 0 Å². The average Bonchev–Trinajstić information content (AvgIpc) is 3.35. The SMILES string of the molecule is Cc1nc(CN2CCC(N3CCCC(C(=O)NC4CC4)C3)CC2)cs1. The number of hydrogen-bond acceptors (Lipinski definition) is 5. The van der Waals surface area contributed by atoms with Crippen LogP contribution in [0.15, 0.2) is 5.38 Å². The average molecular weight is 363 g/mol. The number of amides is 1. The van der Waals surface area contributed by atoms with Crippen LogP contribution in [0.2, 0.25) is 0 Å². The standard InChI is InChI=1S/C19H30N4OS/c1-14-20-17(13-25-14)12-22-9-6-18(7-10-22)23-8-2-3-15(11-23)19(24)21-16-4-5-16/h13,15-16,18H,2-12H2,1H3,(H,21,24). The molecule has 0 radical (unpaired) electrons. The molecule has 1 aromatic heterocycles. The lowest BCUT2D eigenvalue weighted by Crippen LogP contribution is -2.50. The molecule has 0 bridgehead atoms. The molecule has 1 atom stereocenters. The highest BCUT2D eigenvalue weighted by Gasteiger charge is 2.33. The van der Waals surface area contributed by atoms with E-state index in [-0.39, 0.29) is 5.92 Å². The van der Waals surface area contributed by atoms with Gasteiger partial charge in [0.15, 0.2) is 0 Å². The summed E-state index contributed by atoms with van der Waals surface area (Å²) < 4.78 is 0. The molecule has 1 saturated carbocycles. The van der Waals surface area contributed by atoms with Gasteiger partial charge < -0.3 is 5.32 Å². The third-order valence-electron chi connectivity index (χ3n) is 5.87. The minimum Gasteiger partial charge on any atom is -0.353 e. The van der Waals surface area contributed by atoms with Gasteiger partial charge in [0, 0.05) is 43.6 Å². The minimum atomic E-state index is 0.213. The second kappa shape index (κ2) is 7.72. The largest absolute Gasteiger partial charge is 0.353 e. The van der Waals surface area contributed by atoms with Gasteiger partial charge in [-0.15, -0.1) is 11.3 Å². The van der Waals surface area contributed by atoms with Gasteiger partial charge in [0.25, 0.3) is 0 Å². The molecule has 1 N–H and O–H groups in total. The van der Waals surface area contributed by atoms with Crippen molar-refractivity contribution < 1.29 is 4.79 Å². The molecule has 5 nitrogen and oxygen atoms in total. The molecule has 25 heavy (non-hydrogen) atoms. The van der Waals surface area contributed by atoms with Crippen LogP contribution in [0, 0.1) is 12.8 Å². The Morgan fingerprint density at radius 3 is 2.72 bits per heavy atom. The van der Waals surface area contributed by atoms with Crippen molar-refractivity contribution in [2.45, 2.75) is 64.1 Å². The summed E-state index contributed by atoms with van der Waals surface area (Å²) in [6.07, 6.45) is 7.04. The van der Waals surface area contributed by atoms with Crippen molar-refractivity contribution in [3.05, 3.63) is 16.1 Å². The van der Waals surface area contributed by atoms with Crippen molar-refractivity contribution in [2.75, 3.05) is 26.2 Å². The molecule has 2 aliphatic heterocycles. The number of nitrogens with zero attached hydrogens (tertiary/aromatic N) is 3. The second-order valence-electron chi connectivity index (χ2n) is 7.98. The first-order chi connectivity index (χ1) is 12.2. The zero-order valence-electron chi connectivity index (χ0n) is 15.2. The number of piperidine rings is 2. The molecule has 0 spiro atoms. The number of hydrogen-bond donors (Lipinski definition) is 1. The van der Waals surface area contributed by atoms with Crippen LogP contribution in [-0.2, 0) is 11.3 Å². The minimum absolute atomic E-state index is 0.213. The number of likely N-dealkylation sites (tertiary alicyclic amines) is 2. The normalized spacial score (nSPS) is 26.7. The Balaban J connectivity index is 1.24. The Morgan fingerprint density at radius 2 is 2.04 bits per heavy atom. The van der Waals surface area contributed by atoms with E-state index < -0.39 is 0 Å². The van der Waals surface area contributed by atoms with Gasteiger partial charge in [-0.2, -0.15) is 0 Å². The molecule has 0 aromatic carbocycles. The highest BCUT2D eigenvalue weighted by molar-refractivity contribution is 7.09. The van der Waals surface area contributed by atoms with E-state index in [0.29, 0.717) is 18.0 Å². The van der Waals surface area contributed by atoms with Gasteiger partial charge in [-0.3, -0.25) is 14.6 Å². The molecule has 2 saturated heterocycles. The fourth-order valence-electron chi connectivity index (χ4n) is 4.25. The summed E-state index contributed by atoms with van der Waals surface area (Å²) in [6.45, 7) is 7.50. The molecule has 1 aliphatic carbocycles. The van der Waals surface area contributed by atoms with Crippen LogP contribution in [-0.4, -0.2) is 59.0 Å². The van der Waals surface area contributed by atoms with Gasteiger partial charge in [-0.1, -0.05) is 0 Å². The first kappa shape index (κ1) is 17.4. The third kappa shape index (κ3) is 4.60. The van der Waals surface area contributed by atoms with E-state index in [1.165, 1.54) is 44.3 Å². The zero-order chi connectivity index (χ0) is 17.2. The summed E-state index contributed by atoms with van der Waals surface area (Å²) in [4.78, 5) is 22.1. The summed E-state index contributed by atoms with van der Waals surface area (Å²) in [5.74, 6) is 0.522. The molecule has 4 rings (SSSR count). The van der Waals surface area contributed by atoms with Gasteiger partial charge >= 0.3 is 0 Å². The summed E-state index contributed by atoms with van der Waals surface area (Å²) >= 11 is 1.74. The number of carbonyl (C=O) groups is 1. The monoisotopic (exact) mass is 362 g/mol. The van der Waals surface area contributed by atoms with Crippen LogP contribution in [0.1, 0.15) is 49.2 Å². The smallest absolute Gasteiger partial charge is 0.224 e. The number of carbonyl (C=O) groups excluding carboxylic acids is 1. The number of aryl methyl sites for hydroxylation is 1. The quantitative estimate of drug-likeness (QED) is 0.874. The van der Waals surface area contributed by atoms with Crippen molar-refractivity contribution in [3.63, 3.8) is 0 Å². The van der Waals surface area contributed by atoms with E-state index in [0.717, 1.165) is 37.6 Å². The van der Waals surface area contributed by atoms with E-state index >= 15 is 0 Å². The molecule has 1 amide bonds. The maximum absolute atomic E-state index is 12.4. The predicted molar refractivity (Wildman–Crippen MR) is 101 cm³/mol. The lowest BCUT2D eigenvalue weighted by atomic mass is 9.93. The molecular formula is C19H30N4OS. The topological polar surface area (TPSA) is 48.5 Å². The van der Waals surface area contributed by atoms with Crippen LogP contribution in [0.3, 0.4) is 0 Å². The lowest BCUT2D eigenvalue weighted by Gasteiger charge is -2.42. The van der Waals surface area contributed by atoms with E-state index in [2.05, 4.69) is 32.4 Å². The van der Waals surface area contributed by atoms with Crippen molar-refractivity contribution in [3.8, 4) is 0 Å². The number of rotatable bonds is 5. The predicted octanol–water partition coefficient (Wildman–Crippen LogP) is 2.41. The van der Waals surface area contributed by atoms with Gasteiger partial charge in [-0.05, 0) is 52.0 Å². The third-order valence-corrected chi connectivity index (χ3v) is 6.70. The molecule has 3 fully saturated rings. The van der Waals surface area contributed by atoms with E-state index in [4.69, 9.17) is 0 Å². The van der Waals surface area contributed by atoms with Crippen LogP contribution >= 0.6 is 11.3 Å². The fourth-order valence-corrected chi connectivity index (χ4v) is 4.86. The van der Waals surface area contributed by atoms with Crippen LogP contribution in [0.5, 0.6) is 0 Å². The molecular weight excluding hydrogens is 332 g/mol. The van der Waals surface area contributed by atoms with Crippen molar-refractivity contribution in [1.29, 1.82) is 0 Å². The summed E-state index contributed by atoms with van der Waals surface area (Å²) in [5.41, 5.74) is 1.22. The van der Waals surface area contributed by atoms with Crippen LogP contribution < -0.4 is 5.32 Å². The molecule has 3 heterocycles. The maximum Gasteiger partial charge on any atom is 0.224 e. The Bertz CT molecular complexity index is 592. The van der Waals surface area contributed by atoms with Crippen molar-refractivity contribution >= 4 is 17.2 Å². The van der Waals surface area contributed by atoms with Gasteiger partial charge in [-0.25, -0.2) is 4.98 Å². The summed E-state index contributed by atoms with van der Waals surface area (Å²) in [6, 6.07) is 1.14. The summed E-state index contributed by atoms with van der Waals surface area (Å²) in [7, 11) is 0. The second-order valence-corrected chi connectivity index (χ2v) is 9.04. The first-order valence-electron chi connectivity index (χ1n) is 9.85. The Morgan fingerprint density at radius 1 is 1.24 bits per heavy atom. The number of thiazole rings is 1. The fraction of sp³-hybridized carbons (Fsp3) is 0.789. The number of nitrogens with one attached hydrogen (secondary N) is 1. The van der Waals surface area contributed by atoms with E-state index in [9.17, 15) is 4.79 Å². The summed E-state index contributed by atoms with van der Waals surface area (Å²) in [5, 5.41) is 6.55. The van der Waals surface area contributed by atoms with Gasteiger partial charge in [0.2, 0.25) is 5.91 Å². The Hall–Kier alpha value is -0.980. The maximum atomic E-state index is 12.4. The Labute approximate surface area is 154 Å². The molecule has 3 aliphatic rings. The van der Waals surface area contributed by atoms with E-state index in [1.54, 1.807) is 11.3 Å². The highest BCUT2D eigenvalue weighted by atomic mass is 32.1. The number of aromatic nitrogens is 1. The first-order valence-corrected chi connectivity index (χ1v) is 10.7. The lowest BCUT2D eigenvalue weighted by molar-refractivity contribution is -0.127. The molecule has 6 heteroatoms. The van der Waals surface area contributed by atoms with Crippen molar-refractivity contribution in [1.82, 2.24) is 20.1 Å². The Kier molecular flexibility index (Phi) is 5.39.